The predicted octanol–water partition coefficient (Wildman–Crippen LogP) is 9.49. The van der Waals surface area contributed by atoms with E-state index in [2.05, 4.69) is 68.1 Å². The van der Waals surface area contributed by atoms with Crippen molar-refractivity contribution in [3.63, 3.8) is 0 Å². The summed E-state index contributed by atoms with van der Waals surface area (Å²) in [7, 11) is 0. The Morgan fingerprint density at radius 3 is 0.593 bits per heavy atom. The topological polar surface area (TPSA) is 13.0 Å². The largest absolute Gasteiger partial charge is 0.371 e. The molecule has 54 heavy (non-hydrogen) atoms. The minimum absolute atomic E-state index is 1.21. The Labute approximate surface area is 322 Å². The van der Waals surface area contributed by atoms with Gasteiger partial charge in [0.2, 0.25) is 0 Å². The highest BCUT2D eigenvalue weighted by Crippen LogP contribution is 2.48. The highest BCUT2D eigenvalue weighted by Gasteiger charge is 2.32. The molecule has 0 amide bonds. The molecule has 8 aliphatic rings. The summed E-state index contributed by atoms with van der Waals surface area (Å²) in [4.78, 5) is 10.9. The van der Waals surface area contributed by atoms with Crippen LogP contribution >= 0.6 is 0 Å². The highest BCUT2D eigenvalue weighted by molar-refractivity contribution is 6.06. The number of hydrogen-bond donors (Lipinski definition) is 0. The van der Waals surface area contributed by atoms with E-state index in [0.717, 1.165) is 0 Å². The van der Waals surface area contributed by atoms with Crippen LogP contribution in [0.5, 0.6) is 0 Å². The average molecular weight is 713 g/mol. The third kappa shape index (κ3) is 5.07. The van der Waals surface area contributed by atoms with E-state index in [4.69, 9.17) is 0 Å². The third-order valence-electron chi connectivity index (χ3n) is 14.7. The van der Waals surface area contributed by atoms with Crippen LogP contribution < -0.4 is 19.6 Å². The molecule has 276 valence electrons. The van der Waals surface area contributed by atoms with Crippen LogP contribution in [0.1, 0.15) is 118 Å². The smallest absolute Gasteiger partial charge is 0.0431 e. The molecule has 0 saturated carbocycles. The van der Waals surface area contributed by atoms with Crippen molar-refractivity contribution in [2.24, 2.45) is 0 Å². The van der Waals surface area contributed by atoms with Crippen molar-refractivity contribution < 1.29 is 0 Å². The van der Waals surface area contributed by atoms with Gasteiger partial charge >= 0.3 is 0 Å². The Kier molecular flexibility index (Phi) is 7.54. The molecule has 4 heteroatoms. The number of hydrogen-bond acceptors (Lipinski definition) is 4. The van der Waals surface area contributed by atoms with Crippen molar-refractivity contribution in [3.8, 4) is 0 Å². The molecule has 0 fully saturated rings. The summed E-state index contributed by atoms with van der Waals surface area (Å²) in [5.41, 5.74) is 28.0. The van der Waals surface area contributed by atoms with Gasteiger partial charge in [0.25, 0.3) is 0 Å². The van der Waals surface area contributed by atoms with Gasteiger partial charge in [-0.1, -0.05) is 0 Å². The van der Waals surface area contributed by atoms with Gasteiger partial charge in [-0.2, -0.15) is 0 Å². The lowest BCUT2D eigenvalue weighted by Crippen LogP contribution is -2.35. The Balaban J connectivity index is 1.19. The molecule has 0 radical (unpaired) electrons. The molecule has 4 aromatic carbocycles. The Bertz CT molecular complexity index is 1810. The van der Waals surface area contributed by atoms with Crippen LogP contribution in [0.25, 0.3) is 11.1 Å². The quantitative estimate of drug-likeness (QED) is 0.196. The molecule has 8 aliphatic heterocycles. The van der Waals surface area contributed by atoms with Gasteiger partial charge in [0.05, 0.1) is 0 Å². The first-order valence-corrected chi connectivity index (χ1v) is 22.1. The van der Waals surface area contributed by atoms with Gasteiger partial charge in [-0.15, -0.1) is 0 Å². The summed E-state index contributed by atoms with van der Waals surface area (Å²) in [6, 6.07) is 21.4. The van der Waals surface area contributed by atoms with Crippen molar-refractivity contribution in [2.75, 3.05) is 72.0 Å². The van der Waals surface area contributed by atoms with E-state index in [1.54, 1.807) is 67.3 Å². The Morgan fingerprint density at radius 1 is 0.259 bits per heavy atom. The van der Waals surface area contributed by atoms with Crippen molar-refractivity contribution in [2.45, 2.75) is 103 Å². The van der Waals surface area contributed by atoms with Gasteiger partial charge in [-0.3, -0.25) is 0 Å². The molecule has 0 unspecified atom stereocenters. The fourth-order valence-electron chi connectivity index (χ4n) is 12.7. The van der Waals surface area contributed by atoms with Gasteiger partial charge in [-0.05, 0) is 229 Å². The Morgan fingerprint density at radius 2 is 0.426 bits per heavy atom. The van der Waals surface area contributed by atoms with Crippen LogP contribution in [0.2, 0.25) is 0 Å². The van der Waals surface area contributed by atoms with E-state index in [9.17, 15) is 0 Å². The molecular formula is C50H56N4. The van der Waals surface area contributed by atoms with Crippen molar-refractivity contribution in [1.82, 2.24) is 0 Å². The average Bonchev–Trinajstić information content (AvgIpc) is 3.20. The fraction of sp³-hybridized carbons (Fsp3) is 0.480. The zero-order valence-electron chi connectivity index (χ0n) is 32.4. The molecule has 0 aromatic heterocycles. The van der Waals surface area contributed by atoms with E-state index < -0.39 is 0 Å². The lowest BCUT2D eigenvalue weighted by atomic mass is 9.78. The molecule has 4 aromatic rings. The van der Waals surface area contributed by atoms with Crippen molar-refractivity contribution >= 4 is 33.9 Å². The zero-order valence-corrected chi connectivity index (χ0v) is 32.4. The van der Waals surface area contributed by atoms with Gasteiger partial charge in [0.1, 0.15) is 0 Å². The molecule has 8 heterocycles. The maximum Gasteiger partial charge on any atom is 0.0431 e. The number of benzene rings is 4. The van der Waals surface area contributed by atoms with E-state index >= 15 is 0 Å². The van der Waals surface area contributed by atoms with E-state index in [1.807, 2.05) is 0 Å². The third-order valence-corrected chi connectivity index (χ3v) is 14.7. The maximum absolute atomic E-state index is 2.73. The van der Waals surface area contributed by atoms with E-state index in [1.165, 1.54) is 188 Å². The summed E-state index contributed by atoms with van der Waals surface area (Å²) >= 11 is 0. The first kappa shape index (κ1) is 32.1. The number of anilines is 4. The predicted molar refractivity (Wildman–Crippen MR) is 226 cm³/mol. The minimum atomic E-state index is 1.21. The van der Waals surface area contributed by atoms with Crippen LogP contribution in [0, 0.1) is 0 Å². The summed E-state index contributed by atoms with van der Waals surface area (Å²) in [5.74, 6) is 0. The van der Waals surface area contributed by atoms with Gasteiger partial charge in [-0.25, -0.2) is 0 Å². The molecular weight excluding hydrogens is 657 g/mol. The molecule has 0 spiro atoms. The zero-order chi connectivity index (χ0) is 35.3. The minimum Gasteiger partial charge on any atom is -0.371 e. The molecule has 0 N–H and O–H groups in total. The second-order valence-electron chi connectivity index (χ2n) is 18.1. The second kappa shape index (κ2) is 12.7. The summed E-state index contributed by atoms with van der Waals surface area (Å²) < 4.78 is 0. The lowest BCUT2D eigenvalue weighted by Gasteiger charge is -2.39. The van der Waals surface area contributed by atoms with Gasteiger partial charge in [0.15, 0.2) is 0 Å². The molecule has 0 bridgehead atoms. The molecule has 0 saturated heterocycles. The van der Waals surface area contributed by atoms with E-state index in [-0.39, 0.29) is 0 Å². The molecule has 0 aliphatic carbocycles. The molecule has 4 nitrogen and oxygen atoms in total. The highest BCUT2D eigenvalue weighted by atomic mass is 15.2. The SMILES string of the molecule is c1c(C(=C(c2cc3c4c(c2)CCCN4CCC3)c2cc3c4c(c2)CCCN4CCC3)c2cc3c4c(c2)CCCN4CCC3)cc2c3c1CCCN3CCC2. The Hall–Kier alpha value is -4.18. The van der Waals surface area contributed by atoms with Crippen molar-refractivity contribution in [1.29, 1.82) is 0 Å². The summed E-state index contributed by atoms with van der Waals surface area (Å²) in [6.45, 7) is 9.79. The summed E-state index contributed by atoms with van der Waals surface area (Å²) in [5, 5.41) is 0. The van der Waals surface area contributed by atoms with Crippen LogP contribution in [0.15, 0.2) is 48.5 Å². The lowest BCUT2D eigenvalue weighted by molar-refractivity contribution is 0.633. The monoisotopic (exact) mass is 712 g/mol. The maximum atomic E-state index is 2.73. The second-order valence-corrected chi connectivity index (χ2v) is 18.1. The van der Waals surface area contributed by atoms with Crippen LogP contribution in [0.4, 0.5) is 22.7 Å². The molecule has 12 rings (SSSR count). The number of aryl methyl sites for hydroxylation is 8. The van der Waals surface area contributed by atoms with Gasteiger partial charge in [0, 0.05) is 75.1 Å². The first-order chi connectivity index (χ1) is 26.7. The number of rotatable bonds is 4. The summed E-state index contributed by atoms with van der Waals surface area (Å²) in [6.07, 6.45) is 19.8. The van der Waals surface area contributed by atoms with Crippen molar-refractivity contribution in [3.05, 3.63) is 115 Å². The van der Waals surface area contributed by atoms with Gasteiger partial charge < -0.3 is 19.6 Å². The van der Waals surface area contributed by atoms with Crippen LogP contribution in [-0.4, -0.2) is 52.4 Å². The van der Waals surface area contributed by atoms with Crippen LogP contribution in [0.3, 0.4) is 0 Å². The van der Waals surface area contributed by atoms with E-state index in [0.29, 0.717) is 0 Å². The molecule has 0 atom stereocenters. The fourth-order valence-corrected chi connectivity index (χ4v) is 12.7. The van der Waals surface area contributed by atoms with Crippen LogP contribution in [-0.2, 0) is 51.4 Å². The number of nitrogens with zero attached hydrogens (tertiary/aromatic N) is 4. The first-order valence-electron chi connectivity index (χ1n) is 22.1. The normalized spacial score (nSPS) is 20.5. The standard InChI is InChI=1S/C50H56N4/c1-9-33-25-41(26-34-10-2-18-51(17-1)47(33)34)45(42-27-35-11-3-19-52-20-4-12-36(28-42)48(35)52)46(43-29-37-13-5-21-53-22-6-14-38(30-43)49(37)53)44-31-39-15-7-23-54-24-8-16-40(32-44)50(39)54/h25-32H,1-24H2.